The Kier molecular flexibility index (Phi) is 3.73. The summed E-state index contributed by atoms with van der Waals surface area (Å²) in [6.45, 7) is 2.19. The van der Waals surface area contributed by atoms with Crippen LogP contribution in [0.25, 0.3) is 0 Å². The second kappa shape index (κ2) is 5.79. The number of amides is 3. The van der Waals surface area contributed by atoms with Crippen molar-refractivity contribution in [2.24, 2.45) is 5.41 Å². The number of aromatic amines is 1. The Morgan fingerprint density at radius 1 is 1.33 bits per heavy atom. The molecule has 3 aliphatic rings. The topological polar surface area (TPSA) is 81.3 Å². The number of hydrogen-bond donors (Lipinski definition) is 2. The van der Waals surface area contributed by atoms with E-state index in [2.05, 4.69) is 15.3 Å². The standard InChI is InChI=1S/C17H25N5O2/c1-21-7-4-17(15(21)23)5-8-22(9-6-17)16(24)20-12-2-3-13-14(10-12)19-11-18-13/h11-12H,2-10H2,1H3,(H,18,19)(H,20,24). The molecule has 2 saturated heterocycles. The van der Waals surface area contributed by atoms with Crippen LogP contribution in [0.3, 0.4) is 0 Å². The number of aromatic nitrogens is 2. The van der Waals surface area contributed by atoms with Crippen molar-refractivity contribution in [3.63, 3.8) is 0 Å². The molecule has 0 aromatic carbocycles. The first kappa shape index (κ1) is 15.5. The highest BCUT2D eigenvalue weighted by Gasteiger charge is 2.47. The lowest BCUT2D eigenvalue weighted by Gasteiger charge is -2.38. The van der Waals surface area contributed by atoms with Gasteiger partial charge in [-0.2, -0.15) is 0 Å². The van der Waals surface area contributed by atoms with Gasteiger partial charge in [-0.15, -0.1) is 0 Å². The smallest absolute Gasteiger partial charge is 0.317 e. The van der Waals surface area contributed by atoms with Crippen LogP contribution in [0, 0.1) is 5.41 Å². The highest BCUT2D eigenvalue weighted by molar-refractivity contribution is 5.85. The molecule has 1 aromatic rings. The average Bonchev–Trinajstić information content (AvgIpc) is 3.16. The van der Waals surface area contributed by atoms with E-state index in [0.29, 0.717) is 13.1 Å². The maximum absolute atomic E-state index is 12.6. The summed E-state index contributed by atoms with van der Waals surface area (Å²) < 4.78 is 0. The molecule has 0 bridgehead atoms. The van der Waals surface area contributed by atoms with Crippen molar-refractivity contribution < 1.29 is 9.59 Å². The molecule has 1 spiro atoms. The summed E-state index contributed by atoms with van der Waals surface area (Å²) in [6.07, 6.45) is 6.91. The van der Waals surface area contributed by atoms with Crippen LogP contribution in [0.5, 0.6) is 0 Å². The molecule has 1 aliphatic carbocycles. The molecule has 3 heterocycles. The van der Waals surface area contributed by atoms with Gasteiger partial charge in [0.25, 0.3) is 0 Å². The van der Waals surface area contributed by atoms with Gasteiger partial charge in [0.15, 0.2) is 0 Å². The van der Waals surface area contributed by atoms with E-state index < -0.39 is 0 Å². The molecule has 0 saturated carbocycles. The fraction of sp³-hybridized carbons (Fsp3) is 0.706. The van der Waals surface area contributed by atoms with Crippen LogP contribution < -0.4 is 5.32 Å². The molecule has 1 aromatic heterocycles. The molecule has 3 amide bonds. The summed E-state index contributed by atoms with van der Waals surface area (Å²) in [5, 5.41) is 3.16. The third kappa shape index (κ3) is 2.56. The predicted octanol–water partition coefficient (Wildman–Crippen LogP) is 0.921. The number of fused-ring (bicyclic) bond motifs is 1. The van der Waals surface area contributed by atoms with Gasteiger partial charge in [0.05, 0.1) is 17.4 Å². The summed E-state index contributed by atoms with van der Waals surface area (Å²) in [5.41, 5.74) is 2.06. The number of hydrogen-bond acceptors (Lipinski definition) is 3. The summed E-state index contributed by atoms with van der Waals surface area (Å²) in [6, 6.07) is 0.178. The Morgan fingerprint density at radius 3 is 2.79 bits per heavy atom. The third-order valence-electron chi connectivity index (χ3n) is 6.05. The number of imidazole rings is 1. The molecule has 2 aliphatic heterocycles. The second-order valence-electron chi connectivity index (χ2n) is 7.46. The van der Waals surface area contributed by atoms with E-state index in [-0.39, 0.29) is 23.4 Å². The summed E-state index contributed by atoms with van der Waals surface area (Å²) in [5.74, 6) is 0.265. The van der Waals surface area contributed by atoms with Gasteiger partial charge in [-0.05, 0) is 32.1 Å². The zero-order valence-corrected chi connectivity index (χ0v) is 14.2. The minimum Gasteiger partial charge on any atom is -0.348 e. The van der Waals surface area contributed by atoms with Crippen LogP contribution in [0.4, 0.5) is 4.79 Å². The van der Waals surface area contributed by atoms with Crippen LogP contribution in [0.15, 0.2) is 6.33 Å². The molecule has 1 unspecified atom stereocenters. The first-order valence-corrected chi connectivity index (χ1v) is 8.89. The first-order valence-electron chi connectivity index (χ1n) is 8.89. The monoisotopic (exact) mass is 331 g/mol. The molecule has 1 atom stereocenters. The number of urea groups is 1. The molecule has 24 heavy (non-hydrogen) atoms. The Hall–Kier alpha value is -2.05. The summed E-state index contributed by atoms with van der Waals surface area (Å²) in [4.78, 5) is 36.1. The summed E-state index contributed by atoms with van der Waals surface area (Å²) in [7, 11) is 1.88. The van der Waals surface area contributed by atoms with Crippen molar-refractivity contribution in [3.8, 4) is 0 Å². The van der Waals surface area contributed by atoms with Crippen LogP contribution in [-0.4, -0.2) is 64.4 Å². The van der Waals surface area contributed by atoms with Crippen LogP contribution in [-0.2, 0) is 17.6 Å². The second-order valence-corrected chi connectivity index (χ2v) is 7.46. The minimum absolute atomic E-state index is 0.0108. The number of carbonyl (C=O) groups is 2. The number of nitrogens with zero attached hydrogens (tertiary/aromatic N) is 3. The van der Waals surface area contributed by atoms with Crippen molar-refractivity contribution in [3.05, 3.63) is 17.7 Å². The van der Waals surface area contributed by atoms with Crippen LogP contribution in [0.2, 0.25) is 0 Å². The van der Waals surface area contributed by atoms with Crippen molar-refractivity contribution in [1.29, 1.82) is 0 Å². The van der Waals surface area contributed by atoms with Gasteiger partial charge < -0.3 is 20.1 Å². The average molecular weight is 331 g/mol. The van der Waals surface area contributed by atoms with E-state index >= 15 is 0 Å². The van der Waals surface area contributed by atoms with Gasteiger partial charge in [0.1, 0.15) is 0 Å². The Morgan fingerprint density at radius 2 is 2.08 bits per heavy atom. The number of H-pyrrole nitrogens is 1. The molecule has 2 fully saturated rings. The lowest BCUT2D eigenvalue weighted by Crippen LogP contribution is -2.52. The number of rotatable bonds is 1. The van der Waals surface area contributed by atoms with Gasteiger partial charge in [-0.1, -0.05) is 0 Å². The molecule has 2 N–H and O–H groups in total. The van der Waals surface area contributed by atoms with E-state index in [4.69, 9.17) is 0 Å². The van der Waals surface area contributed by atoms with Gasteiger partial charge in [-0.3, -0.25) is 4.79 Å². The first-order chi connectivity index (χ1) is 11.6. The molecule has 4 rings (SSSR count). The normalized spacial score (nSPS) is 25.9. The van der Waals surface area contributed by atoms with E-state index in [1.165, 1.54) is 0 Å². The van der Waals surface area contributed by atoms with E-state index in [9.17, 15) is 9.59 Å². The van der Waals surface area contributed by atoms with Gasteiger partial charge in [0, 0.05) is 44.8 Å². The fourth-order valence-electron chi connectivity index (χ4n) is 4.39. The van der Waals surface area contributed by atoms with Gasteiger partial charge >= 0.3 is 6.03 Å². The molecule has 130 valence electrons. The Bertz CT molecular complexity index is 647. The SMILES string of the molecule is CN1CCC2(CCN(C(=O)NC3CCc4nc[nH]c4C3)CC2)C1=O. The number of piperidine rings is 1. The lowest BCUT2D eigenvalue weighted by molar-refractivity contribution is -0.137. The third-order valence-corrected chi connectivity index (χ3v) is 6.05. The zero-order valence-electron chi connectivity index (χ0n) is 14.2. The highest BCUT2D eigenvalue weighted by Crippen LogP contribution is 2.40. The number of aryl methyl sites for hydroxylation is 1. The van der Waals surface area contributed by atoms with Crippen molar-refractivity contribution in [1.82, 2.24) is 25.1 Å². The molecule has 7 nitrogen and oxygen atoms in total. The minimum atomic E-state index is -0.207. The molecule has 0 radical (unpaired) electrons. The Balaban J connectivity index is 1.32. The predicted molar refractivity (Wildman–Crippen MR) is 88.4 cm³/mol. The van der Waals surface area contributed by atoms with Gasteiger partial charge in [0.2, 0.25) is 5.91 Å². The Labute approximate surface area is 141 Å². The van der Waals surface area contributed by atoms with E-state index in [0.717, 1.165) is 56.5 Å². The maximum atomic E-state index is 12.6. The fourth-order valence-corrected chi connectivity index (χ4v) is 4.39. The number of carbonyl (C=O) groups excluding carboxylic acids is 2. The largest absolute Gasteiger partial charge is 0.348 e. The van der Waals surface area contributed by atoms with Crippen LogP contribution in [0.1, 0.15) is 37.1 Å². The maximum Gasteiger partial charge on any atom is 0.317 e. The van der Waals surface area contributed by atoms with Gasteiger partial charge in [-0.25, -0.2) is 9.78 Å². The summed E-state index contributed by atoms with van der Waals surface area (Å²) >= 11 is 0. The van der Waals surface area contributed by atoms with Crippen LogP contribution >= 0.6 is 0 Å². The molecular weight excluding hydrogens is 306 g/mol. The lowest BCUT2D eigenvalue weighted by atomic mass is 9.77. The van der Waals surface area contributed by atoms with Crippen molar-refractivity contribution in [2.75, 3.05) is 26.7 Å². The molecule has 7 heteroatoms. The quantitative estimate of drug-likeness (QED) is 0.803. The number of nitrogens with one attached hydrogen (secondary N) is 2. The molecular formula is C17H25N5O2. The number of likely N-dealkylation sites (tertiary alicyclic amines) is 2. The van der Waals surface area contributed by atoms with E-state index in [1.54, 1.807) is 6.33 Å². The van der Waals surface area contributed by atoms with E-state index in [1.807, 2.05) is 16.8 Å². The zero-order chi connectivity index (χ0) is 16.7. The van der Waals surface area contributed by atoms with Crippen molar-refractivity contribution in [2.45, 2.75) is 44.6 Å². The highest BCUT2D eigenvalue weighted by atomic mass is 16.2. The van der Waals surface area contributed by atoms with Crippen molar-refractivity contribution >= 4 is 11.9 Å².